The molecule has 1 heterocycles. The summed E-state index contributed by atoms with van der Waals surface area (Å²) in [6, 6.07) is 0. The van der Waals surface area contributed by atoms with Gasteiger partial charge in [-0.15, -0.1) is 0 Å². The maximum atomic E-state index is 12.1. The number of nitrogens with two attached hydrogens (primary N) is 1. The van der Waals surface area contributed by atoms with Crippen molar-refractivity contribution >= 4 is 5.91 Å². The number of carbonyl (C=O) groups is 1. The van der Waals surface area contributed by atoms with E-state index in [2.05, 4.69) is 23.6 Å². The molecule has 0 aromatic heterocycles. The summed E-state index contributed by atoms with van der Waals surface area (Å²) < 4.78 is 0. The molecule has 0 saturated carbocycles. The Bertz CT molecular complexity index is 281. The van der Waals surface area contributed by atoms with Crippen LogP contribution in [-0.4, -0.2) is 78.5 Å². The molecule has 1 aliphatic heterocycles. The lowest BCUT2D eigenvalue weighted by Gasteiger charge is -2.43. The third-order valence-corrected chi connectivity index (χ3v) is 4.20. The highest BCUT2D eigenvalue weighted by Gasteiger charge is 2.29. The van der Waals surface area contributed by atoms with E-state index in [1.165, 1.54) is 0 Å². The predicted molar refractivity (Wildman–Crippen MR) is 79.1 cm³/mol. The minimum absolute atomic E-state index is 0.0645. The van der Waals surface area contributed by atoms with Crippen molar-refractivity contribution in [1.29, 1.82) is 0 Å². The molecule has 0 bridgehead atoms. The lowest BCUT2D eigenvalue weighted by molar-refractivity contribution is -0.132. The lowest BCUT2D eigenvalue weighted by Crippen LogP contribution is -2.58. The van der Waals surface area contributed by atoms with E-state index >= 15 is 0 Å². The van der Waals surface area contributed by atoms with Gasteiger partial charge in [-0.2, -0.15) is 0 Å². The Morgan fingerprint density at radius 1 is 1.16 bits per heavy atom. The molecule has 19 heavy (non-hydrogen) atoms. The summed E-state index contributed by atoms with van der Waals surface area (Å²) in [5.74, 6) is 0.247. The highest BCUT2D eigenvalue weighted by atomic mass is 16.2. The SMILES string of the molecule is CCN(CC)C(=O)CN1CCN(C(C)(C)CN)CC1. The molecule has 5 heteroatoms. The van der Waals surface area contributed by atoms with Crippen molar-refractivity contribution in [3.05, 3.63) is 0 Å². The number of hydrogen-bond donors (Lipinski definition) is 1. The first-order valence-corrected chi connectivity index (χ1v) is 7.39. The molecule has 5 nitrogen and oxygen atoms in total. The van der Waals surface area contributed by atoms with Crippen LogP contribution >= 0.6 is 0 Å². The second-order valence-corrected chi connectivity index (χ2v) is 5.85. The summed E-state index contributed by atoms with van der Waals surface area (Å²) in [6.45, 7) is 15.2. The summed E-state index contributed by atoms with van der Waals surface area (Å²) in [4.78, 5) is 18.6. The highest BCUT2D eigenvalue weighted by molar-refractivity contribution is 5.78. The van der Waals surface area contributed by atoms with E-state index in [4.69, 9.17) is 5.73 Å². The zero-order chi connectivity index (χ0) is 14.5. The van der Waals surface area contributed by atoms with Gasteiger partial charge < -0.3 is 10.6 Å². The molecule has 1 saturated heterocycles. The Hall–Kier alpha value is -0.650. The second kappa shape index (κ2) is 7.22. The van der Waals surface area contributed by atoms with Crippen LogP contribution in [0.15, 0.2) is 0 Å². The van der Waals surface area contributed by atoms with Gasteiger partial charge in [0, 0.05) is 51.4 Å². The number of amides is 1. The molecule has 0 atom stereocenters. The third-order valence-electron chi connectivity index (χ3n) is 4.20. The van der Waals surface area contributed by atoms with Gasteiger partial charge in [0.1, 0.15) is 0 Å². The van der Waals surface area contributed by atoms with E-state index in [-0.39, 0.29) is 11.4 Å². The van der Waals surface area contributed by atoms with E-state index in [0.29, 0.717) is 13.1 Å². The van der Waals surface area contributed by atoms with E-state index in [9.17, 15) is 4.79 Å². The van der Waals surface area contributed by atoms with Crippen molar-refractivity contribution in [2.45, 2.75) is 33.2 Å². The first-order chi connectivity index (χ1) is 8.94. The lowest BCUT2D eigenvalue weighted by atomic mass is 10.0. The average Bonchev–Trinajstić information content (AvgIpc) is 2.40. The quantitative estimate of drug-likeness (QED) is 0.750. The van der Waals surface area contributed by atoms with E-state index in [0.717, 1.165) is 39.3 Å². The Labute approximate surface area is 117 Å². The summed E-state index contributed by atoms with van der Waals surface area (Å²) in [7, 11) is 0. The molecule has 0 unspecified atom stereocenters. The third kappa shape index (κ3) is 4.44. The van der Waals surface area contributed by atoms with Crippen molar-refractivity contribution in [1.82, 2.24) is 14.7 Å². The molecular formula is C14H30N4O. The molecule has 0 aromatic rings. The Balaban J connectivity index is 2.40. The number of hydrogen-bond acceptors (Lipinski definition) is 4. The molecule has 1 aliphatic rings. The molecule has 0 aromatic carbocycles. The van der Waals surface area contributed by atoms with Crippen molar-refractivity contribution < 1.29 is 4.79 Å². The number of rotatable bonds is 6. The number of carbonyl (C=O) groups excluding carboxylic acids is 1. The average molecular weight is 270 g/mol. The Morgan fingerprint density at radius 2 is 1.68 bits per heavy atom. The van der Waals surface area contributed by atoms with Crippen molar-refractivity contribution in [3.8, 4) is 0 Å². The smallest absolute Gasteiger partial charge is 0.236 e. The van der Waals surface area contributed by atoms with E-state index < -0.39 is 0 Å². The first kappa shape index (κ1) is 16.4. The van der Waals surface area contributed by atoms with Gasteiger partial charge in [0.2, 0.25) is 5.91 Å². The van der Waals surface area contributed by atoms with Crippen LogP contribution in [0.5, 0.6) is 0 Å². The summed E-state index contributed by atoms with van der Waals surface area (Å²) in [5.41, 5.74) is 5.88. The van der Waals surface area contributed by atoms with Crippen molar-refractivity contribution in [3.63, 3.8) is 0 Å². The van der Waals surface area contributed by atoms with Crippen LogP contribution in [0.2, 0.25) is 0 Å². The standard InChI is InChI=1S/C14H30N4O/c1-5-17(6-2)13(19)11-16-7-9-18(10-8-16)14(3,4)12-15/h5-12,15H2,1-4H3. The largest absolute Gasteiger partial charge is 0.342 e. The van der Waals surface area contributed by atoms with Crippen LogP contribution in [0.3, 0.4) is 0 Å². The fraction of sp³-hybridized carbons (Fsp3) is 0.929. The van der Waals surface area contributed by atoms with Crippen LogP contribution in [0.1, 0.15) is 27.7 Å². The minimum atomic E-state index is 0.0645. The molecule has 0 aliphatic carbocycles. The Morgan fingerprint density at radius 3 is 2.11 bits per heavy atom. The fourth-order valence-corrected chi connectivity index (χ4v) is 2.51. The van der Waals surface area contributed by atoms with Gasteiger partial charge in [-0.3, -0.25) is 14.6 Å². The normalized spacial score (nSPS) is 18.6. The van der Waals surface area contributed by atoms with Gasteiger partial charge in [-0.1, -0.05) is 0 Å². The monoisotopic (exact) mass is 270 g/mol. The van der Waals surface area contributed by atoms with Crippen LogP contribution in [0, 0.1) is 0 Å². The fourth-order valence-electron chi connectivity index (χ4n) is 2.51. The van der Waals surface area contributed by atoms with Gasteiger partial charge in [-0.05, 0) is 27.7 Å². The first-order valence-electron chi connectivity index (χ1n) is 7.39. The zero-order valence-electron chi connectivity index (χ0n) is 13.0. The summed E-state index contributed by atoms with van der Waals surface area (Å²) >= 11 is 0. The van der Waals surface area contributed by atoms with Gasteiger partial charge in [0.25, 0.3) is 0 Å². The van der Waals surface area contributed by atoms with Crippen LogP contribution < -0.4 is 5.73 Å². The van der Waals surface area contributed by atoms with Crippen LogP contribution in [0.25, 0.3) is 0 Å². The minimum Gasteiger partial charge on any atom is -0.342 e. The van der Waals surface area contributed by atoms with Crippen molar-refractivity contribution in [2.75, 3.05) is 52.4 Å². The number of nitrogens with zero attached hydrogens (tertiary/aromatic N) is 3. The molecule has 1 rings (SSSR count). The molecule has 0 radical (unpaired) electrons. The Kier molecular flexibility index (Phi) is 6.23. The zero-order valence-corrected chi connectivity index (χ0v) is 13.0. The van der Waals surface area contributed by atoms with Crippen LogP contribution in [0.4, 0.5) is 0 Å². The topological polar surface area (TPSA) is 52.8 Å². The van der Waals surface area contributed by atoms with E-state index in [1.54, 1.807) is 0 Å². The molecule has 1 amide bonds. The predicted octanol–water partition coefficient (Wildman–Crippen LogP) is 0.210. The molecule has 112 valence electrons. The molecular weight excluding hydrogens is 240 g/mol. The summed E-state index contributed by atoms with van der Waals surface area (Å²) in [5, 5.41) is 0. The van der Waals surface area contributed by atoms with Gasteiger partial charge in [0.05, 0.1) is 6.54 Å². The molecule has 2 N–H and O–H groups in total. The maximum absolute atomic E-state index is 12.1. The van der Waals surface area contributed by atoms with Gasteiger partial charge in [-0.25, -0.2) is 0 Å². The number of likely N-dealkylation sites (N-methyl/N-ethyl adjacent to an activating group) is 1. The summed E-state index contributed by atoms with van der Waals surface area (Å²) in [6.07, 6.45) is 0. The van der Waals surface area contributed by atoms with Crippen molar-refractivity contribution in [2.24, 2.45) is 5.73 Å². The van der Waals surface area contributed by atoms with E-state index in [1.807, 2.05) is 18.7 Å². The van der Waals surface area contributed by atoms with Crippen LogP contribution in [-0.2, 0) is 4.79 Å². The second-order valence-electron chi connectivity index (χ2n) is 5.85. The number of piperazine rings is 1. The highest BCUT2D eigenvalue weighted by Crippen LogP contribution is 2.15. The molecule has 0 spiro atoms. The molecule has 1 fully saturated rings. The maximum Gasteiger partial charge on any atom is 0.236 e. The van der Waals surface area contributed by atoms with Gasteiger partial charge >= 0.3 is 0 Å². The van der Waals surface area contributed by atoms with Gasteiger partial charge in [0.15, 0.2) is 0 Å².